The fourth-order valence-electron chi connectivity index (χ4n) is 7.66. The molecule has 4 amide bonds. The van der Waals surface area contributed by atoms with Crippen LogP contribution >= 0.6 is 45.9 Å². The molecule has 2 unspecified atom stereocenters. The van der Waals surface area contributed by atoms with Crippen LogP contribution in [0.4, 0.5) is 21.6 Å². The van der Waals surface area contributed by atoms with Crippen LogP contribution in [0.15, 0.2) is 33.1 Å². The summed E-state index contributed by atoms with van der Waals surface area (Å²) in [5, 5.41) is 23.0. The Labute approximate surface area is 412 Å². The smallest absolute Gasteiger partial charge is 0.410 e. The van der Waals surface area contributed by atoms with Gasteiger partial charge >= 0.3 is 24.2 Å². The lowest BCUT2D eigenvalue weighted by atomic mass is 9.90. The Balaban J connectivity index is 0.000000289. The minimum Gasteiger partial charge on any atom is -0.450 e. The van der Waals surface area contributed by atoms with Crippen molar-refractivity contribution in [1.82, 2.24) is 40.8 Å². The minimum absolute atomic E-state index is 0. The van der Waals surface area contributed by atoms with Crippen molar-refractivity contribution in [3.05, 3.63) is 54.5 Å². The monoisotopic (exact) mass is 1010 g/mol. The van der Waals surface area contributed by atoms with Crippen molar-refractivity contribution in [2.75, 3.05) is 68.8 Å². The first-order chi connectivity index (χ1) is 31.5. The number of carbonyl (C=O) groups is 4. The third kappa shape index (κ3) is 16.2. The van der Waals surface area contributed by atoms with Crippen molar-refractivity contribution in [1.29, 1.82) is 0 Å². The molecule has 372 valence electrons. The minimum atomic E-state index is -0.519. The summed E-state index contributed by atoms with van der Waals surface area (Å²) in [5.41, 5.74) is -0.519. The van der Waals surface area contributed by atoms with Crippen molar-refractivity contribution in [3.8, 4) is 0 Å². The van der Waals surface area contributed by atoms with E-state index >= 15 is 0 Å². The summed E-state index contributed by atoms with van der Waals surface area (Å²) in [6, 6.07) is 6.82. The number of hydrogen-bond acceptors (Lipinski definition) is 16. The molecule has 0 aliphatic carbocycles. The van der Waals surface area contributed by atoms with Gasteiger partial charge in [-0.25, -0.2) is 9.59 Å². The zero-order valence-corrected chi connectivity index (χ0v) is 42.3. The van der Waals surface area contributed by atoms with Crippen LogP contribution in [0, 0.1) is 11.8 Å². The number of halogens is 2. The van der Waals surface area contributed by atoms with Gasteiger partial charge in [-0.1, -0.05) is 40.8 Å². The van der Waals surface area contributed by atoms with E-state index in [2.05, 4.69) is 31.0 Å². The van der Waals surface area contributed by atoms with E-state index in [1.165, 1.54) is 22.7 Å². The Morgan fingerprint density at radius 3 is 1.40 bits per heavy atom. The summed E-state index contributed by atoms with van der Waals surface area (Å²) >= 11 is 14.5. The number of anilines is 2. The summed E-state index contributed by atoms with van der Waals surface area (Å²) in [4.78, 5) is 58.5. The maximum atomic E-state index is 12.9. The summed E-state index contributed by atoms with van der Waals surface area (Å²) in [5.74, 6) is 0.888. The lowest BCUT2D eigenvalue weighted by Crippen LogP contribution is -2.42. The fraction of sp³-hybridized carbons (Fsp3) is 0.644. The van der Waals surface area contributed by atoms with Crippen LogP contribution in [0.2, 0.25) is 8.67 Å². The Morgan fingerprint density at radius 1 is 0.687 bits per heavy atom. The maximum Gasteiger partial charge on any atom is 0.410 e. The lowest BCUT2D eigenvalue weighted by Gasteiger charge is -2.34. The van der Waals surface area contributed by atoms with Crippen LogP contribution < -0.4 is 20.4 Å². The Kier molecular flexibility index (Phi) is 21.5. The Morgan fingerprint density at radius 2 is 1.07 bits per heavy atom. The Bertz CT molecular complexity index is 2150. The van der Waals surface area contributed by atoms with Crippen molar-refractivity contribution in [2.45, 2.75) is 119 Å². The van der Waals surface area contributed by atoms with Gasteiger partial charge in [-0.3, -0.25) is 9.59 Å². The van der Waals surface area contributed by atoms with Gasteiger partial charge in [0.05, 0.1) is 25.0 Å². The molecule has 0 saturated carbocycles. The molecule has 2 atom stereocenters. The number of hydrogen-bond donors (Lipinski definition) is 2. The fourth-order valence-corrected chi connectivity index (χ4v) is 9.56. The first-order valence-electron chi connectivity index (χ1n) is 22.7. The predicted octanol–water partition coefficient (Wildman–Crippen LogP) is 10.1. The molecule has 18 nitrogen and oxygen atoms in total. The standard InChI is InChI=1S/C23H34ClN5O4S.C21H30ClN5O4S.CH4/c1-6-28(7-2)21-27-26-20(32-21)16(25-19(30)17-8-9-18(24)34-17)14-15-10-12-29(13-11-15)22(31)33-23(3,4)5;1-4-26(5-2)20-25-24-19(31-20)15(23-18(28)16-7-8-17(22)32-16)13-14-9-11-27(12-10-14)21(29)30-6-3;/h8-9,15-16H,6-7,10-14H2,1-5H3,(H,25,30);7-8,14-15H,4-6,9-13H2,1-3H3,(H,23,28);1H4. The third-order valence-electron chi connectivity index (χ3n) is 11.3. The first-order valence-corrected chi connectivity index (χ1v) is 25.1. The molecular weight excluding hydrogens is 944 g/mol. The second-order valence-corrected chi connectivity index (χ2v) is 20.4. The van der Waals surface area contributed by atoms with E-state index < -0.39 is 17.7 Å². The van der Waals surface area contributed by atoms with Crippen LogP contribution in [0.1, 0.15) is 145 Å². The van der Waals surface area contributed by atoms with Gasteiger partial charge in [-0.15, -0.1) is 32.9 Å². The summed E-state index contributed by atoms with van der Waals surface area (Å²) in [6.45, 7) is 21.3. The number of piperidine rings is 2. The SMILES string of the molecule is C.CCN(CC)c1nnc(C(CC2CCN(C(=O)OC(C)(C)C)CC2)NC(=O)c2ccc(Cl)s2)o1.CCOC(=O)N1CCC(CC(NC(=O)c2ccc(Cl)s2)c2nnc(N(CC)CC)o2)CC1. The van der Waals surface area contributed by atoms with Crippen molar-refractivity contribution in [2.24, 2.45) is 11.8 Å². The van der Waals surface area contributed by atoms with Gasteiger partial charge < -0.3 is 48.5 Å². The topological polar surface area (TPSA) is 202 Å². The number of aromatic nitrogens is 4. The molecule has 0 aromatic carbocycles. The van der Waals surface area contributed by atoms with Crippen molar-refractivity contribution < 1.29 is 37.5 Å². The molecule has 2 fully saturated rings. The normalized spacial score (nSPS) is 15.4. The van der Waals surface area contributed by atoms with Gasteiger partial charge in [0.1, 0.15) is 17.7 Å². The van der Waals surface area contributed by atoms with Gasteiger partial charge in [0.15, 0.2) is 0 Å². The zero-order chi connectivity index (χ0) is 48.0. The Hall–Kier alpha value is -4.66. The number of nitrogens with zero attached hydrogens (tertiary/aromatic N) is 8. The molecule has 22 heteroatoms. The van der Waals surface area contributed by atoms with E-state index in [1.54, 1.807) is 41.0 Å². The van der Waals surface area contributed by atoms with Crippen molar-refractivity contribution in [3.63, 3.8) is 0 Å². The lowest BCUT2D eigenvalue weighted by molar-refractivity contribution is 0.0176. The van der Waals surface area contributed by atoms with Crippen LogP contribution in [0.5, 0.6) is 0 Å². The highest BCUT2D eigenvalue weighted by Gasteiger charge is 2.33. The molecule has 0 spiro atoms. The van der Waals surface area contributed by atoms with E-state index in [-0.39, 0.29) is 37.3 Å². The highest BCUT2D eigenvalue weighted by Crippen LogP contribution is 2.33. The molecule has 0 bridgehead atoms. The van der Waals surface area contributed by atoms with Crippen LogP contribution in [0.3, 0.4) is 0 Å². The largest absolute Gasteiger partial charge is 0.450 e. The second kappa shape index (κ2) is 26.2. The highest BCUT2D eigenvalue weighted by atomic mass is 35.5. The molecule has 4 aromatic heterocycles. The average Bonchev–Trinajstić information content (AvgIpc) is 4.14. The predicted molar refractivity (Wildman–Crippen MR) is 263 cm³/mol. The molecule has 6 heterocycles. The first kappa shape index (κ1) is 54.9. The van der Waals surface area contributed by atoms with Gasteiger partial charge in [0, 0.05) is 52.4 Å². The van der Waals surface area contributed by atoms with E-state index in [9.17, 15) is 19.2 Å². The summed E-state index contributed by atoms with van der Waals surface area (Å²) < 4.78 is 23.6. The number of likely N-dealkylation sites (tertiary alicyclic amines) is 2. The van der Waals surface area contributed by atoms with E-state index in [1.807, 2.05) is 58.3 Å². The highest BCUT2D eigenvalue weighted by molar-refractivity contribution is 7.18. The second-order valence-electron chi connectivity index (χ2n) is 17.0. The van der Waals surface area contributed by atoms with Crippen LogP contribution in [-0.4, -0.2) is 119 Å². The summed E-state index contributed by atoms with van der Waals surface area (Å²) in [7, 11) is 0. The third-order valence-corrected chi connectivity index (χ3v) is 13.7. The molecule has 4 aromatic rings. The molecule has 67 heavy (non-hydrogen) atoms. The molecular formula is C45H68Cl2N10O8S2. The van der Waals surface area contributed by atoms with Gasteiger partial charge in [0.25, 0.3) is 11.8 Å². The maximum absolute atomic E-state index is 12.9. The molecule has 2 N–H and O–H groups in total. The number of rotatable bonds is 17. The number of ether oxygens (including phenoxy) is 2. The van der Waals surface area contributed by atoms with Crippen molar-refractivity contribution >= 4 is 81.9 Å². The molecule has 2 aliphatic rings. The number of thiophene rings is 2. The van der Waals surface area contributed by atoms with Gasteiger partial charge in [-0.05, 0) is 130 Å². The zero-order valence-electron chi connectivity index (χ0n) is 39.1. The molecule has 0 radical (unpaired) electrons. The average molecular weight is 1010 g/mol. The number of nitrogens with one attached hydrogen (secondary N) is 2. The van der Waals surface area contributed by atoms with E-state index in [0.717, 1.165) is 51.9 Å². The summed E-state index contributed by atoms with van der Waals surface area (Å²) in [6.07, 6.45) is 3.94. The molecule has 2 aliphatic heterocycles. The quantitative estimate of drug-likeness (QED) is 0.101. The molecule has 6 rings (SSSR count). The van der Waals surface area contributed by atoms with Gasteiger partial charge in [0.2, 0.25) is 11.8 Å². The van der Waals surface area contributed by atoms with E-state index in [4.69, 9.17) is 41.5 Å². The number of carbonyl (C=O) groups excluding carboxylic acids is 4. The van der Waals surface area contributed by atoms with Crippen LogP contribution in [0.25, 0.3) is 0 Å². The molecule has 2 saturated heterocycles. The number of amides is 4. The van der Waals surface area contributed by atoms with Crippen LogP contribution in [-0.2, 0) is 9.47 Å². The van der Waals surface area contributed by atoms with Gasteiger partial charge in [-0.2, -0.15) is 0 Å². The van der Waals surface area contributed by atoms with E-state index in [0.29, 0.717) is 93.8 Å².